The Labute approximate surface area is 214 Å². The summed E-state index contributed by atoms with van der Waals surface area (Å²) in [4.78, 5) is 37.9. The molecule has 0 saturated heterocycles. The summed E-state index contributed by atoms with van der Waals surface area (Å²) in [7, 11) is 0. The Morgan fingerprint density at radius 2 is 0.946 bits per heavy atom. The molecule has 0 spiro atoms. The molecule has 4 aliphatic rings. The number of carboxylic acids is 3. The molecule has 4 aliphatic carbocycles. The third kappa shape index (κ3) is 3.14. The number of hydrogen-bond acceptors (Lipinski definition) is 3. The smallest absolute Gasteiger partial charge is 0.335 e. The first kappa shape index (κ1) is 23.5. The molecule has 2 atom stereocenters. The fraction of sp³-hybridized carbons (Fsp3) is 0.323. The van der Waals surface area contributed by atoms with Crippen molar-refractivity contribution in [1.82, 2.24) is 0 Å². The lowest BCUT2D eigenvalue weighted by atomic mass is 9.34. The Morgan fingerprint density at radius 3 is 1.38 bits per heavy atom. The number of carboxylic acid groups (broad SMARTS) is 3. The van der Waals surface area contributed by atoms with Gasteiger partial charge in [-0.15, -0.1) is 0 Å². The zero-order valence-corrected chi connectivity index (χ0v) is 20.3. The van der Waals surface area contributed by atoms with Gasteiger partial charge in [-0.2, -0.15) is 0 Å². The maximum Gasteiger partial charge on any atom is 0.335 e. The van der Waals surface area contributed by atoms with Crippen molar-refractivity contribution in [1.29, 1.82) is 0 Å². The van der Waals surface area contributed by atoms with E-state index in [1.54, 1.807) is 36.4 Å². The van der Waals surface area contributed by atoms with E-state index in [0.29, 0.717) is 41.4 Å². The van der Waals surface area contributed by atoms with Gasteiger partial charge in [0.2, 0.25) is 0 Å². The molecule has 2 unspecified atom stereocenters. The second-order valence-corrected chi connectivity index (χ2v) is 11.0. The van der Waals surface area contributed by atoms with Crippen LogP contribution in [0.2, 0.25) is 0 Å². The van der Waals surface area contributed by atoms with Gasteiger partial charge >= 0.3 is 17.9 Å². The molecule has 0 heterocycles. The standard InChI is InChI=1S/C31H28O6/c32-27(33)21-7-1-4-10-24(21)30-16-18-13-19(17-30)15-20(14-18)31(30,25-11-5-2-8-22(25)28(34)35)26-12-6-3-9-23(26)29(36)37/h1-12,18-20H,13-17H2,(H,32,33)(H,34,35)(H,36,37). The largest absolute Gasteiger partial charge is 0.478 e. The van der Waals surface area contributed by atoms with E-state index in [2.05, 4.69) is 0 Å². The lowest BCUT2D eigenvalue weighted by molar-refractivity contribution is -0.0680. The van der Waals surface area contributed by atoms with Crippen molar-refractivity contribution in [2.75, 3.05) is 0 Å². The Balaban J connectivity index is 1.81. The summed E-state index contributed by atoms with van der Waals surface area (Å²) in [6.07, 6.45) is 4.16. The molecule has 37 heavy (non-hydrogen) atoms. The van der Waals surface area contributed by atoms with E-state index < -0.39 is 28.7 Å². The fourth-order valence-corrected chi connectivity index (χ4v) is 8.68. The van der Waals surface area contributed by atoms with Crippen LogP contribution in [0.4, 0.5) is 0 Å². The van der Waals surface area contributed by atoms with Crippen LogP contribution in [-0.4, -0.2) is 33.2 Å². The SMILES string of the molecule is O=C(O)c1ccccc1C12CC3CC(CC(C3)C1(c1ccccc1C(=O)O)c1ccccc1C(=O)O)C2. The van der Waals surface area contributed by atoms with Gasteiger partial charge in [0.1, 0.15) is 0 Å². The van der Waals surface area contributed by atoms with Gasteiger partial charge in [0, 0.05) is 10.8 Å². The van der Waals surface area contributed by atoms with Crippen LogP contribution in [0.1, 0.15) is 79.9 Å². The lowest BCUT2D eigenvalue weighted by Crippen LogP contribution is -2.66. The van der Waals surface area contributed by atoms with Crippen LogP contribution in [0.15, 0.2) is 72.8 Å². The molecule has 7 rings (SSSR count). The number of aromatic carboxylic acids is 3. The highest BCUT2D eigenvalue weighted by molar-refractivity contribution is 5.94. The second-order valence-electron chi connectivity index (χ2n) is 11.0. The van der Waals surface area contributed by atoms with Gasteiger partial charge in [-0.1, -0.05) is 54.6 Å². The van der Waals surface area contributed by atoms with Crippen LogP contribution in [0.3, 0.4) is 0 Å². The highest BCUT2D eigenvalue weighted by atomic mass is 16.4. The Bertz CT molecular complexity index is 1370. The minimum absolute atomic E-state index is 0.0263. The molecule has 0 aliphatic heterocycles. The van der Waals surface area contributed by atoms with Crippen molar-refractivity contribution < 1.29 is 29.7 Å². The molecule has 3 aromatic rings. The van der Waals surface area contributed by atoms with E-state index in [0.717, 1.165) is 19.3 Å². The van der Waals surface area contributed by atoms with Crippen molar-refractivity contribution >= 4 is 17.9 Å². The van der Waals surface area contributed by atoms with Crippen LogP contribution < -0.4 is 0 Å². The molecule has 3 aromatic carbocycles. The van der Waals surface area contributed by atoms with Gasteiger partial charge in [-0.3, -0.25) is 0 Å². The zero-order chi connectivity index (χ0) is 25.9. The first-order valence-electron chi connectivity index (χ1n) is 12.8. The van der Waals surface area contributed by atoms with Crippen molar-refractivity contribution in [3.8, 4) is 0 Å². The van der Waals surface area contributed by atoms with Crippen molar-refractivity contribution in [2.45, 2.75) is 42.9 Å². The normalized spacial score (nSPS) is 27.1. The summed E-state index contributed by atoms with van der Waals surface area (Å²) >= 11 is 0. The summed E-state index contributed by atoms with van der Waals surface area (Å²) in [6, 6.07) is 20.9. The number of rotatable bonds is 6. The number of carbonyl (C=O) groups is 3. The summed E-state index contributed by atoms with van der Waals surface area (Å²) in [5, 5.41) is 31.0. The Kier molecular flexibility index (Phi) is 5.26. The van der Waals surface area contributed by atoms with E-state index >= 15 is 0 Å². The van der Waals surface area contributed by atoms with Crippen molar-refractivity contribution in [3.63, 3.8) is 0 Å². The first-order chi connectivity index (χ1) is 17.8. The third-order valence-electron chi connectivity index (χ3n) is 9.38. The predicted molar refractivity (Wildman–Crippen MR) is 136 cm³/mol. The lowest BCUT2D eigenvalue weighted by Gasteiger charge is -2.69. The Hall–Kier alpha value is -3.93. The topological polar surface area (TPSA) is 112 Å². The van der Waals surface area contributed by atoms with Gasteiger partial charge in [0.15, 0.2) is 0 Å². The highest BCUT2D eigenvalue weighted by Crippen LogP contribution is 2.72. The molecule has 0 aromatic heterocycles. The minimum Gasteiger partial charge on any atom is -0.478 e. The maximum atomic E-state index is 12.7. The molecule has 4 saturated carbocycles. The fourth-order valence-electron chi connectivity index (χ4n) is 8.68. The summed E-state index contributed by atoms with van der Waals surface area (Å²) in [6.45, 7) is 0. The van der Waals surface area contributed by atoms with E-state index in [1.807, 2.05) is 36.4 Å². The van der Waals surface area contributed by atoms with Gasteiger partial charge in [-0.05, 0) is 84.7 Å². The van der Waals surface area contributed by atoms with Crippen LogP contribution >= 0.6 is 0 Å². The number of hydrogen-bond donors (Lipinski definition) is 3. The summed E-state index contributed by atoms with van der Waals surface area (Å²) < 4.78 is 0. The van der Waals surface area contributed by atoms with E-state index in [-0.39, 0.29) is 22.6 Å². The van der Waals surface area contributed by atoms with Crippen molar-refractivity contribution in [2.24, 2.45) is 17.8 Å². The van der Waals surface area contributed by atoms with E-state index in [4.69, 9.17) is 0 Å². The molecule has 0 amide bonds. The minimum atomic E-state index is -1.07. The molecule has 3 N–H and O–H groups in total. The van der Waals surface area contributed by atoms with Crippen LogP contribution in [0, 0.1) is 17.8 Å². The van der Waals surface area contributed by atoms with Gasteiger partial charge in [-0.25, -0.2) is 14.4 Å². The predicted octanol–water partition coefficient (Wildman–Crippen LogP) is 5.85. The zero-order valence-electron chi connectivity index (χ0n) is 20.3. The van der Waals surface area contributed by atoms with Gasteiger partial charge in [0.25, 0.3) is 0 Å². The third-order valence-corrected chi connectivity index (χ3v) is 9.38. The molecule has 6 nitrogen and oxygen atoms in total. The molecule has 6 heteroatoms. The van der Waals surface area contributed by atoms with Crippen molar-refractivity contribution in [3.05, 3.63) is 106 Å². The van der Waals surface area contributed by atoms with Crippen LogP contribution in [0.25, 0.3) is 0 Å². The van der Waals surface area contributed by atoms with Crippen LogP contribution in [0.5, 0.6) is 0 Å². The highest BCUT2D eigenvalue weighted by Gasteiger charge is 2.68. The molecule has 188 valence electrons. The van der Waals surface area contributed by atoms with Crippen LogP contribution in [-0.2, 0) is 10.8 Å². The second kappa shape index (κ2) is 8.30. The maximum absolute atomic E-state index is 12.7. The summed E-state index contributed by atoms with van der Waals surface area (Å²) in [5.74, 6) is -2.45. The van der Waals surface area contributed by atoms with E-state index in [1.165, 1.54) is 0 Å². The quantitative estimate of drug-likeness (QED) is 0.395. The Morgan fingerprint density at radius 1 is 0.568 bits per heavy atom. The molecule has 4 bridgehead atoms. The first-order valence-corrected chi connectivity index (χ1v) is 12.8. The number of benzene rings is 3. The van der Waals surface area contributed by atoms with Gasteiger partial charge < -0.3 is 15.3 Å². The molecule has 4 fully saturated rings. The monoisotopic (exact) mass is 496 g/mol. The average Bonchev–Trinajstić information content (AvgIpc) is 2.88. The van der Waals surface area contributed by atoms with E-state index in [9.17, 15) is 29.7 Å². The molecular weight excluding hydrogens is 468 g/mol. The van der Waals surface area contributed by atoms with Gasteiger partial charge in [0.05, 0.1) is 16.7 Å². The molecular formula is C31H28O6. The molecule has 0 radical (unpaired) electrons. The average molecular weight is 497 g/mol. The summed E-state index contributed by atoms with van der Waals surface area (Å²) in [5.41, 5.74) is 0.547.